The highest BCUT2D eigenvalue weighted by Gasteiger charge is 2.64. The van der Waals surface area contributed by atoms with Crippen LogP contribution in [0.15, 0.2) is 47.8 Å². The number of benzene rings is 1. The molecule has 0 radical (unpaired) electrons. The molecule has 3 aliphatic rings. The van der Waals surface area contributed by atoms with Crippen LogP contribution in [0.25, 0.3) is 0 Å². The average molecular weight is 242 g/mol. The standard InChI is InChI=1S/C15H15OP/c1-2-11-10-6-3-4-7-12(10)17-14-9-5-8-13-15(11,14)16-13/h3-9,11,13,17H,2H2,1H3. The minimum atomic E-state index is 0.0380. The Hall–Kier alpha value is -0.910. The van der Waals surface area contributed by atoms with Gasteiger partial charge < -0.3 is 4.74 Å². The average Bonchev–Trinajstić information content (AvgIpc) is 3.09. The summed E-state index contributed by atoms with van der Waals surface area (Å²) in [5, 5.41) is 3.02. The molecule has 0 N–H and O–H groups in total. The summed E-state index contributed by atoms with van der Waals surface area (Å²) in [6.45, 7) is 2.28. The van der Waals surface area contributed by atoms with Crippen LogP contribution in [0, 0.1) is 0 Å². The first kappa shape index (κ1) is 10.1. The van der Waals surface area contributed by atoms with Crippen LogP contribution in [-0.4, -0.2) is 11.7 Å². The minimum absolute atomic E-state index is 0.0380. The lowest BCUT2D eigenvalue weighted by molar-refractivity contribution is 0.296. The zero-order valence-electron chi connectivity index (χ0n) is 9.81. The highest BCUT2D eigenvalue weighted by atomic mass is 31.1. The van der Waals surface area contributed by atoms with Crippen LogP contribution in [0.3, 0.4) is 0 Å². The maximum atomic E-state index is 6.08. The van der Waals surface area contributed by atoms with Crippen LogP contribution in [0.2, 0.25) is 0 Å². The molecule has 2 heteroatoms. The van der Waals surface area contributed by atoms with Crippen LogP contribution in [0.4, 0.5) is 0 Å². The van der Waals surface area contributed by atoms with Gasteiger partial charge in [-0.1, -0.05) is 58.0 Å². The fourth-order valence-corrected chi connectivity index (χ4v) is 5.00. The van der Waals surface area contributed by atoms with Crippen molar-refractivity contribution in [3.63, 3.8) is 0 Å². The van der Waals surface area contributed by atoms with E-state index in [1.54, 1.807) is 0 Å². The maximum absolute atomic E-state index is 6.08. The highest BCUT2D eigenvalue weighted by Crippen LogP contribution is 2.63. The third-order valence-electron chi connectivity index (χ3n) is 4.19. The van der Waals surface area contributed by atoms with Crippen LogP contribution in [0.5, 0.6) is 0 Å². The normalized spacial score (nSPS) is 38.1. The molecular formula is C15H15OP. The molecule has 2 heterocycles. The summed E-state index contributed by atoms with van der Waals surface area (Å²) in [5.41, 5.74) is 1.55. The topological polar surface area (TPSA) is 12.5 Å². The van der Waals surface area contributed by atoms with E-state index in [-0.39, 0.29) is 5.60 Å². The Morgan fingerprint density at radius 3 is 3.12 bits per heavy atom. The predicted octanol–water partition coefficient (Wildman–Crippen LogP) is 3.09. The first-order valence-electron chi connectivity index (χ1n) is 6.29. The number of hydrogen-bond acceptors (Lipinski definition) is 1. The summed E-state index contributed by atoms with van der Waals surface area (Å²) in [7, 11) is 0.789. The van der Waals surface area contributed by atoms with Gasteiger partial charge in [-0.15, -0.1) is 0 Å². The number of fused-ring (bicyclic) bond motifs is 1. The summed E-state index contributed by atoms with van der Waals surface area (Å²) in [5.74, 6) is 0.543. The van der Waals surface area contributed by atoms with Crippen molar-refractivity contribution in [2.24, 2.45) is 0 Å². The van der Waals surface area contributed by atoms with Crippen molar-refractivity contribution in [2.75, 3.05) is 0 Å². The summed E-state index contributed by atoms with van der Waals surface area (Å²) >= 11 is 0. The molecule has 4 atom stereocenters. The zero-order chi connectivity index (χ0) is 11.5. The van der Waals surface area contributed by atoms with Gasteiger partial charge in [-0.25, -0.2) is 0 Å². The lowest BCUT2D eigenvalue weighted by Crippen LogP contribution is -2.34. The molecule has 4 unspecified atom stereocenters. The van der Waals surface area contributed by atoms with Crippen molar-refractivity contribution in [3.05, 3.63) is 53.4 Å². The predicted molar refractivity (Wildman–Crippen MR) is 72.3 cm³/mol. The van der Waals surface area contributed by atoms with Gasteiger partial charge >= 0.3 is 0 Å². The Labute approximate surface area is 103 Å². The lowest BCUT2D eigenvalue weighted by atomic mass is 9.79. The third-order valence-corrected chi connectivity index (χ3v) is 5.74. The zero-order valence-corrected chi connectivity index (χ0v) is 10.8. The van der Waals surface area contributed by atoms with Gasteiger partial charge in [0.05, 0.1) is 0 Å². The van der Waals surface area contributed by atoms with E-state index < -0.39 is 0 Å². The first-order chi connectivity index (χ1) is 8.36. The van der Waals surface area contributed by atoms with Crippen molar-refractivity contribution in [3.8, 4) is 0 Å². The summed E-state index contributed by atoms with van der Waals surface area (Å²) in [4.78, 5) is 0. The Bertz CT molecular complexity index is 546. The van der Waals surface area contributed by atoms with Crippen LogP contribution < -0.4 is 5.30 Å². The molecule has 1 aliphatic carbocycles. The minimum Gasteiger partial charge on any atom is -0.356 e. The van der Waals surface area contributed by atoms with E-state index in [0.29, 0.717) is 12.0 Å². The molecule has 1 saturated heterocycles. The Morgan fingerprint density at radius 1 is 1.35 bits per heavy atom. The van der Waals surface area contributed by atoms with Crippen LogP contribution in [0.1, 0.15) is 24.8 Å². The van der Waals surface area contributed by atoms with Crippen molar-refractivity contribution < 1.29 is 4.74 Å². The van der Waals surface area contributed by atoms with Crippen LogP contribution >= 0.6 is 8.58 Å². The van der Waals surface area contributed by atoms with Crippen molar-refractivity contribution in [2.45, 2.75) is 31.0 Å². The molecule has 4 rings (SSSR count). The van der Waals surface area contributed by atoms with Gasteiger partial charge in [0.1, 0.15) is 11.7 Å². The molecule has 0 amide bonds. The van der Waals surface area contributed by atoms with E-state index in [2.05, 4.69) is 49.4 Å². The van der Waals surface area contributed by atoms with Crippen LogP contribution in [-0.2, 0) is 4.74 Å². The fraction of sp³-hybridized carbons (Fsp3) is 0.333. The van der Waals surface area contributed by atoms with Gasteiger partial charge in [-0.05, 0) is 22.6 Å². The van der Waals surface area contributed by atoms with E-state index in [4.69, 9.17) is 4.74 Å². The number of hydrogen-bond donors (Lipinski definition) is 0. The largest absolute Gasteiger partial charge is 0.356 e. The second-order valence-corrected chi connectivity index (χ2v) is 6.30. The molecule has 0 bridgehead atoms. The van der Waals surface area contributed by atoms with E-state index in [9.17, 15) is 0 Å². The Kier molecular flexibility index (Phi) is 1.96. The highest BCUT2D eigenvalue weighted by molar-refractivity contribution is 7.52. The Balaban J connectivity index is 1.92. The van der Waals surface area contributed by atoms with Gasteiger partial charge in [-0.3, -0.25) is 0 Å². The lowest BCUT2D eigenvalue weighted by Gasteiger charge is -2.34. The monoisotopic (exact) mass is 242 g/mol. The molecule has 0 aromatic heterocycles. The quantitative estimate of drug-likeness (QED) is 0.544. The van der Waals surface area contributed by atoms with Gasteiger partial charge in [0.15, 0.2) is 0 Å². The second kappa shape index (κ2) is 3.31. The molecule has 2 aliphatic heterocycles. The van der Waals surface area contributed by atoms with Crippen molar-refractivity contribution >= 4 is 13.9 Å². The molecule has 1 spiro atoms. The maximum Gasteiger partial charge on any atom is 0.131 e. The first-order valence-corrected chi connectivity index (χ1v) is 7.29. The van der Waals surface area contributed by atoms with Gasteiger partial charge in [0, 0.05) is 5.92 Å². The van der Waals surface area contributed by atoms with E-state index in [1.165, 1.54) is 16.2 Å². The second-order valence-electron chi connectivity index (χ2n) is 4.97. The number of epoxide rings is 1. The number of ether oxygens (including phenoxy) is 1. The van der Waals surface area contributed by atoms with E-state index >= 15 is 0 Å². The number of allylic oxidation sites excluding steroid dienone is 2. The van der Waals surface area contributed by atoms with E-state index in [0.717, 1.165) is 15.0 Å². The summed E-state index contributed by atoms with van der Waals surface area (Å²) < 4.78 is 6.08. The smallest absolute Gasteiger partial charge is 0.131 e. The molecule has 1 aromatic rings. The third kappa shape index (κ3) is 1.17. The molecule has 0 saturated carbocycles. The molecule has 86 valence electrons. The van der Waals surface area contributed by atoms with Gasteiger partial charge in [0.25, 0.3) is 0 Å². The number of rotatable bonds is 1. The molecular weight excluding hydrogens is 227 g/mol. The van der Waals surface area contributed by atoms with Gasteiger partial charge in [0.2, 0.25) is 0 Å². The Morgan fingerprint density at radius 2 is 2.24 bits per heavy atom. The molecule has 1 fully saturated rings. The van der Waals surface area contributed by atoms with Crippen molar-refractivity contribution in [1.29, 1.82) is 0 Å². The molecule has 1 aromatic carbocycles. The summed E-state index contributed by atoms with van der Waals surface area (Å²) in [6, 6.07) is 8.88. The summed E-state index contributed by atoms with van der Waals surface area (Å²) in [6.07, 6.45) is 8.15. The molecule has 17 heavy (non-hydrogen) atoms. The molecule has 1 nitrogen and oxygen atoms in total. The fourth-order valence-electron chi connectivity index (χ4n) is 3.38. The van der Waals surface area contributed by atoms with Gasteiger partial charge in [-0.2, -0.15) is 0 Å². The van der Waals surface area contributed by atoms with Crippen molar-refractivity contribution in [1.82, 2.24) is 0 Å². The van der Waals surface area contributed by atoms with E-state index in [1.807, 2.05) is 0 Å². The SMILES string of the molecule is CCC1c2ccccc2PC2=CC=CC3OC231.